The van der Waals surface area contributed by atoms with E-state index in [1.807, 2.05) is 18.9 Å². The van der Waals surface area contributed by atoms with E-state index in [4.69, 9.17) is 9.84 Å². The number of nitrogens with one attached hydrogen (secondary N) is 1. The number of fused-ring (bicyclic) bond motifs is 1. The summed E-state index contributed by atoms with van der Waals surface area (Å²) < 4.78 is 48.2. The zero-order chi connectivity index (χ0) is 31.3. The highest BCUT2D eigenvalue weighted by atomic mass is 32.2. The molecule has 1 aliphatic heterocycles. The molecule has 12 heteroatoms. The molecule has 0 saturated heterocycles. The van der Waals surface area contributed by atoms with Gasteiger partial charge in [0.2, 0.25) is 5.91 Å². The normalized spacial score (nSPS) is 18.2. The quantitative estimate of drug-likeness (QED) is 0.316. The summed E-state index contributed by atoms with van der Waals surface area (Å²) in [7, 11) is -2.10. The molecule has 3 aromatic rings. The fraction of sp³-hybridized carbons (Fsp3) is 0.355. The Bertz CT molecular complexity index is 1550. The Labute approximate surface area is 250 Å². The number of sulfonamides is 1. The van der Waals surface area contributed by atoms with E-state index in [0.717, 1.165) is 17.7 Å². The first-order valence-electron chi connectivity index (χ1n) is 13.9. The molecule has 0 spiro atoms. The summed E-state index contributed by atoms with van der Waals surface area (Å²) in [4.78, 5) is 28.2. The van der Waals surface area contributed by atoms with Crippen LogP contribution in [0.5, 0.6) is 5.75 Å². The molecule has 0 radical (unpaired) electrons. The number of rotatable bonds is 10. The van der Waals surface area contributed by atoms with Gasteiger partial charge in [-0.2, -0.15) is 0 Å². The van der Waals surface area contributed by atoms with Crippen molar-refractivity contribution >= 4 is 27.6 Å². The number of anilines is 1. The number of nitrogens with zero attached hydrogens (tertiary/aromatic N) is 2. The second kappa shape index (κ2) is 13.5. The first-order chi connectivity index (χ1) is 20.4. The topological polar surface area (TPSA) is 136 Å². The number of likely N-dealkylation sites (N-methyl/N-ethyl adjacent to an activating group) is 1. The third kappa shape index (κ3) is 8.09. The number of hydrogen-bond donors (Lipinski definition) is 3. The molecule has 0 aliphatic carbocycles. The van der Waals surface area contributed by atoms with Crippen molar-refractivity contribution in [3.05, 3.63) is 89.2 Å². The van der Waals surface area contributed by atoms with Crippen molar-refractivity contribution in [3.63, 3.8) is 0 Å². The van der Waals surface area contributed by atoms with E-state index >= 15 is 0 Å². The highest BCUT2D eigenvalue weighted by Gasteiger charge is 2.31. The fourth-order valence-corrected chi connectivity index (χ4v) is 6.02. The van der Waals surface area contributed by atoms with Gasteiger partial charge in [0, 0.05) is 36.8 Å². The number of amides is 1. The Kier molecular flexibility index (Phi) is 10.0. The Balaban J connectivity index is 1.60. The Morgan fingerprint density at radius 3 is 2.44 bits per heavy atom. The molecule has 0 saturated carbocycles. The minimum atomic E-state index is -4.02. The van der Waals surface area contributed by atoms with Crippen molar-refractivity contribution in [1.82, 2.24) is 9.80 Å². The second-order valence-corrected chi connectivity index (χ2v) is 12.7. The summed E-state index contributed by atoms with van der Waals surface area (Å²) in [6.45, 7) is 4.85. The van der Waals surface area contributed by atoms with Gasteiger partial charge < -0.3 is 19.8 Å². The SMILES string of the molecule is C[C@@H]1CN([C@H](C)CO)C(=O)Cc2cc(NS(=O)(=O)c3ccc(F)cc3)ccc2O[C@H]1CN(C)Cc1ccc(C(=O)O)cc1. The van der Waals surface area contributed by atoms with Crippen LogP contribution in [0.25, 0.3) is 0 Å². The summed E-state index contributed by atoms with van der Waals surface area (Å²) in [5, 5.41) is 19.0. The van der Waals surface area contributed by atoms with Crippen LogP contribution < -0.4 is 9.46 Å². The number of hydrogen-bond acceptors (Lipinski definition) is 7. The average Bonchev–Trinajstić information content (AvgIpc) is 3.00. The number of aliphatic hydroxyl groups is 1. The zero-order valence-electron chi connectivity index (χ0n) is 24.2. The van der Waals surface area contributed by atoms with E-state index < -0.39 is 27.9 Å². The summed E-state index contributed by atoms with van der Waals surface area (Å²) in [5.41, 5.74) is 1.82. The van der Waals surface area contributed by atoms with E-state index in [1.54, 1.807) is 54.3 Å². The van der Waals surface area contributed by atoms with Gasteiger partial charge in [0.15, 0.2) is 0 Å². The van der Waals surface area contributed by atoms with Crippen LogP contribution in [0, 0.1) is 11.7 Å². The molecule has 1 aliphatic rings. The van der Waals surface area contributed by atoms with Crippen LogP contribution in [-0.2, 0) is 27.8 Å². The number of aromatic carboxylic acids is 1. The number of carbonyl (C=O) groups is 2. The van der Waals surface area contributed by atoms with Crippen molar-refractivity contribution in [2.75, 3.05) is 31.5 Å². The summed E-state index contributed by atoms with van der Waals surface area (Å²) in [6, 6.07) is 15.4. The van der Waals surface area contributed by atoms with Gasteiger partial charge in [0.25, 0.3) is 10.0 Å². The minimum absolute atomic E-state index is 0.0724. The molecule has 3 aromatic carbocycles. The predicted octanol–water partition coefficient (Wildman–Crippen LogP) is 3.61. The van der Waals surface area contributed by atoms with Gasteiger partial charge in [0.05, 0.1) is 29.5 Å². The molecule has 4 rings (SSSR count). The van der Waals surface area contributed by atoms with Crippen LogP contribution in [0.3, 0.4) is 0 Å². The largest absolute Gasteiger partial charge is 0.488 e. The maximum Gasteiger partial charge on any atom is 0.335 e. The van der Waals surface area contributed by atoms with Gasteiger partial charge in [-0.1, -0.05) is 19.1 Å². The number of carboxylic acids is 1. The predicted molar refractivity (Wildman–Crippen MR) is 159 cm³/mol. The summed E-state index contributed by atoms with van der Waals surface area (Å²) >= 11 is 0. The zero-order valence-corrected chi connectivity index (χ0v) is 25.1. The molecule has 3 N–H and O–H groups in total. The Morgan fingerprint density at radius 1 is 1.14 bits per heavy atom. The van der Waals surface area contributed by atoms with Crippen LogP contribution in [-0.4, -0.2) is 79.2 Å². The van der Waals surface area contributed by atoms with Crippen molar-refractivity contribution in [3.8, 4) is 5.75 Å². The number of aliphatic hydroxyl groups excluding tert-OH is 1. The van der Waals surface area contributed by atoms with Crippen LogP contribution in [0.15, 0.2) is 71.6 Å². The molecule has 3 atom stereocenters. The average molecular weight is 614 g/mol. The highest BCUT2D eigenvalue weighted by molar-refractivity contribution is 7.92. The standard InChI is InChI=1S/C31H36FN3O7S/c1-20-16-35(21(2)19-36)30(37)15-24-14-26(33-43(40,41)27-11-8-25(32)9-12-27)10-13-28(24)42-29(20)18-34(3)17-22-4-6-23(7-5-22)31(38)39/h4-14,20-21,29,33,36H,15-19H2,1-3H3,(H,38,39)/t20-,21-,29+/m1/s1. The van der Waals surface area contributed by atoms with Crippen LogP contribution >= 0.6 is 0 Å². The molecule has 43 heavy (non-hydrogen) atoms. The first kappa shape index (κ1) is 31.9. The van der Waals surface area contributed by atoms with Crippen molar-refractivity contribution in [2.45, 2.75) is 43.9 Å². The van der Waals surface area contributed by atoms with E-state index in [0.29, 0.717) is 30.9 Å². The third-order valence-corrected chi connectivity index (χ3v) is 8.83. The van der Waals surface area contributed by atoms with Gasteiger partial charge in [-0.15, -0.1) is 0 Å². The lowest BCUT2D eigenvalue weighted by molar-refractivity contribution is -0.134. The molecule has 10 nitrogen and oxygen atoms in total. The van der Waals surface area contributed by atoms with Crippen LogP contribution in [0.1, 0.15) is 35.3 Å². The summed E-state index contributed by atoms with van der Waals surface area (Å²) in [5.74, 6) is -1.48. The number of halogens is 1. The van der Waals surface area contributed by atoms with Crippen molar-refractivity contribution in [1.29, 1.82) is 0 Å². The van der Waals surface area contributed by atoms with Gasteiger partial charge in [0.1, 0.15) is 17.7 Å². The Hall–Kier alpha value is -4.00. The van der Waals surface area contributed by atoms with Crippen molar-refractivity contribution < 1.29 is 37.3 Å². The molecular formula is C31H36FN3O7S. The molecule has 230 valence electrons. The maximum absolute atomic E-state index is 13.5. The molecule has 1 heterocycles. The van der Waals surface area contributed by atoms with E-state index in [9.17, 15) is 27.5 Å². The number of ether oxygens (including phenoxy) is 1. The summed E-state index contributed by atoms with van der Waals surface area (Å²) in [6.07, 6.45) is -0.458. The maximum atomic E-state index is 13.5. The lowest BCUT2D eigenvalue weighted by Gasteiger charge is -2.34. The van der Waals surface area contributed by atoms with Gasteiger partial charge >= 0.3 is 5.97 Å². The van der Waals surface area contributed by atoms with Crippen LogP contribution in [0.4, 0.5) is 10.1 Å². The smallest absolute Gasteiger partial charge is 0.335 e. The van der Waals surface area contributed by atoms with E-state index in [-0.39, 0.29) is 47.1 Å². The first-order valence-corrected chi connectivity index (χ1v) is 15.3. The van der Waals surface area contributed by atoms with E-state index in [2.05, 4.69) is 4.72 Å². The molecule has 1 amide bonds. The lowest BCUT2D eigenvalue weighted by atomic mass is 10.0. The lowest BCUT2D eigenvalue weighted by Crippen LogP contribution is -2.47. The number of carboxylic acid groups (broad SMARTS) is 1. The number of benzene rings is 3. The van der Waals surface area contributed by atoms with Crippen molar-refractivity contribution in [2.24, 2.45) is 5.92 Å². The third-order valence-electron chi connectivity index (χ3n) is 7.44. The monoisotopic (exact) mass is 613 g/mol. The fourth-order valence-electron chi connectivity index (χ4n) is 4.97. The molecule has 0 fully saturated rings. The van der Waals surface area contributed by atoms with Gasteiger partial charge in [-0.25, -0.2) is 17.6 Å². The number of carbonyl (C=O) groups excluding carboxylic acids is 1. The molecular weight excluding hydrogens is 577 g/mol. The molecule has 0 unspecified atom stereocenters. The Morgan fingerprint density at radius 2 is 1.81 bits per heavy atom. The van der Waals surface area contributed by atoms with Crippen LogP contribution in [0.2, 0.25) is 0 Å². The highest BCUT2D eigenvalue weighted by Crippen LogP contribution is 2.30. The van der Waals surface area contributed by atoms with Gasteiger partial charge in [-0.3, -0.25) is 14.4 Å². The molecule has 0 bridgehead atoms. The molecule has 0 aromatic heterocycles. The van der Waals surface area contributed by atoms with Gasteiger partial charge in [-0.05, 0) is 74.1 Å². The van der Waals surface area contributed by atoms with E-state index in [1.165, 1.54) is 12.1 Å². The minimum Gasteiger partial charge on any atom is -0.488 e. The second-order valence-electron chi connectivity index (χ2n) is 11.0.